The number of hydrogen-bond acceptors (Lipinski definition) is 3. The number of rotatable bonds is 4. The van der Waals surface area contributed by atoms with Crippen LogP contribution in [0.25, 0.3) is 0 Å². The number of halogens is 1. The second-order valence-electron chi connectivity index (χ2n) is 9.75. The van der Waals surface area contributed by atoms with Gasteiger partial charge in [0, 0.05) is 35.7 Å². The molecule has 2 aliphatic rings. The van der Waals surface area contributed by atoms with Crippen LogP contribution in [0.4, 0.5) is 10.1 Å². The predicted molar refractivity (Wildman–Crippen MR) is 129 cm³/mol. The van der Waals surface area contributed by atoms with E-state index in [0.717, 1.165) is 17.0 Å². The number of carbonyl (C=O) groups is 2. The van der Waals surface area contributed by atoms with E-state index in [1.54, 1.807) is 17.0 Å². The molecule has 172 valence electrons. The Kier molecular flexibility index (Phi) is 5.56. The lowest BCUT2D eigenvalue weighted by Gasteiger charge is -2.43. The maximum absolute atomic E-state index is 13.5. The summed E-state index contributed by atoms with van der Waals surface area (Å²) in [6.45, 7) is 4.10. The first-order valence-corrected chi connectivity index (χ1v) is 11.5. The van der Waals surface area contributed by atoms with Crippen molar-refractivity contribution < 1.29 is 18.7 Å². The van der Waals surface area contributed by atoms with Crippen LogP contribution in [0.15, 0.2) is 90.1 Å². The van der Waals surface area contributed by atoms with E-state index in [2.05, 4.69) is 13.8 Å². The molecule has 1 aliphatic carbocycles. The molecule has 0 aromatic heterocycles. The van der Waals surface area contributed by atoms with E-state index in [-0.39, 0.29) is 35.3 Å². The van der Waals surface area contributed by atoms with Crippen LogP contribution >= 0.6 is 0 Å². The van der Waals surface area contributed by atoms with Crippen molar-refractivity contribution in [3.8, 4) is 11.5 Å². The van der Waals surface area contributed by atoms with Gasteiger partial charge >= 0.3 is 0 Å². The topological polar surface area (TPSA) is 46.6 Å². The highest BCUT2D eigenvalue weighted by molar-refractivity contribution is 6.07. The number of Topliss-reactive ketones (excluding diaryl/α,β-unsaturated/α-hetero) is 1. The van der Waals surface area contributed by atoms with E-state index in [1.165, 1.54) is 12.1 Å². The summed E-state index contributed by atoms with van der Waals surface area (Å²) in [4.78, 5) is 28.5. The number of ether oxygens (including phenoxy) is 1. The maximum atomic E-state index is 13.5. The second-order valence-corrected chi connectivity index (χ2v) is 9.75. The van der Waals surface area contributed by atoms with Crippen molar-refractivity contribution in [1.29, 1.82) is 0 Å². The molecule has 4 nitrogen and oxygen atoms in total. The smallest absolute Gasteiger partial charge is 0.232 e. The molecular formula is C29H26FNO3. The van der Waals surface area contributed by atoms with E-state index in [9.17, 15) is 14.0 Å². The molecule has 34 heavy (non-hydrogen) atoms. The summed E-state index contributed by atoms with van der Waals surface area (Å²) in [5.41, 5.74) is 2.68. The zero-order valence-electron chi connectivity index (χ0n) is 19.3. The molecule has 3 aromatic carbocycles. The van der Waals surface area contributed by atoms with Gasteiger partial charge in [-0.25, -0.2) is 4.39 Å². The van der Waals surface area contributed by atoms with E-state index in [1.807, 2.05) is 54.6 Å². The average Bonchev–Trinajstić information content (AvgIpc) is 2.80. The lowest BCUT2D eigenvalue weighted by atomic mass is 9.69. The standard InChI is InChI=1S/C29H26FNO3/c1-29(2)17-25-28(26(32)18-29)24(19-8-10-20(30)11-9-19)16-27(33)31(25)21-12-14-23(15-13-21)34-22-6-4-3-5-7-22/h3-15,24H,16-18H2,1-2H3. The van der Waals surface area contributed by atoms with Gasteiger partial charge in [-0.15, -0.1) is 0 Å². The molecule has 1 aliphatic heterocycles. The number of benzene rings is 3. The van der Waals surface area contributed by atoms with Crippen LogP contribution < -0.4 is 9.64 Å². The van der Waals surface area contributed by atoms with Crippen molar-refractivity contribution in [3.05, 3.63) is 102 Å². The molecule has 0 fully saturated rings. The molecule has 0 saturated carbocycles. The molecule has 3 aromatic rings. The quantitative estimate of drug-likeness (QED) is 0.436. The molecule has 1 heterocycles. The number of amides is 1. The number of allylic oxidation sites excluding steroid dienone is 2. The zero-order chi connectivity index (χ0) is 23.9. The predicted octanol–water partition coefficient (Wildman–Crippen LogP) is 6.78. The molecule has 1 amide bonds. The Labute approximate surface area is 198 Å². The van der Waals surface area contributed by atoms with Crippen molar-refractivity contribution in [2.24, 2.45) is 5.41 Å². The fourth-order valence-corrected chi connectivity index (χ4v) is 4.98. The van der Waals surface area contributed by atoms with Gasteiger partial charge < -0.3 is 4.74 Å². The summed E-state index contributed by atoms with van der Waals surface area (Å²) in [5, 5.41) is 0. The van der Waals surface area contributed by atoms with Gasteiger partial charge in [0.15, 0.2) is 5.78 Å². The monoisotopic (exact) mass is 455 g/mol. The maximum Gasteiger partial charge on any atom is 0.232 e. The first kappa shape index (κ1) is 22.1. The number of carbonyl (C=O) groups excluding carboxylic acids is 2. The Bertz CT molecular complexity index is 1260. The number of nitrogens with zero attached hydrogens (tertiary/aromatic N) is 1. The van der Waals surface area contributed by atoms with Crippen molar-refractivity contribution in [3.63, 3.8) is 0 Å². The highest BCUT2D eigenvalue weighted by atomic mass is 19.1. The minimum atomic E-state index is -0.358. The molecule has 0 N–H and O–H groups in total. The van der Waals surface area contributed by atoms with Crippen molar-refractivity contribution in [1.82, 2.24) is 0 Å². The summed E-state index contributed by atoms with van der Waals surface area (Å²) >= 11 is 0. The summed E-state index contributed by atoms with van der Waals surface area (Å²) < 4.78 is 19.4. The Morgan fingerprint density at radius 3 is 2.18 bits per heavy atom. The number of ketones is 1. The molecule has 0 spiro atoms. The van der Waals surface area contributed by atoms with Gasteiger partial charge in [0.1, 0.15) is 17.3 Å². The van der Waals surface area contributed by atoms with Crippen LogP contribution in [0.1, 0.15) is 44.6 Å². The highest BCUT2D eigenvalue weighted by Gasteiger charge is 2.44. The molecule has 0 saturated heterocycles. The fraction of sp³-hybridized carbons (Fsp3) is 0.241. The van der Waals surface area contributed by atoms with E-state index < -0.39 is 0 Å². The Morgan fingerprint density at radius 1 is 0.853 bits per heavy atom. The molecule has 1 atom stereocenters. The van der Waals surface area contributed by atoms with Gasteiger partial charge in [-0.3, -0.25) is 14.5 Å². The van der Waals surface area contributed by atoms with E-state index in [0.29, 0.717) is 29.9 Å². The van der Waals surface area contributed by atoms with Crippen LogP contribution in [0.5, 0.6) is 11.5 Å². The highest BCUT2D eigenvalue weighted by Crippen LogP contribution is 2.48. The first-order chi connectivity index (χ1) is 16.3. The van der Waals surface area contributed by atoms with Crippen LogP contribution in [-0.4, -0.2) is 11.7 Å². The summed E-state index contributed by atoms with van der Waals surface area (Å²) in [6.07, 6.45) is 1.20. The molecule has 1 unspecified atom stereocenters. The fourth-order valence-electron chi connectivity index (χ4n) is 4.98. The van der Waals surface area contributed by atoms with Gasteiger partial charge in [-0.05, 0) is 65.9 Å². The molecular weight excluding hydrogens is 429 g/mol. The zero-order valence-corrected chi connectivity index (χ0v) is 19.3. The van der Waals surface area contributed by atoms with Crippen molar-refractivity contribution in [2.45, 2.75) is 39.0 Å². The molecule has 5 rings (SSSR count). The minimum absolute atomic E-state index is 0.0575. The normalized spacial score (nSPS) is 19.7. The Morgan fingerprint density at radius 2 is 1.50 bits per heavy atom. The van der Waals surface area contributed by atoms with E-state index in [4.69, 9.17) is 4.74 Å². The van der Waals surface area contributed by atoms with E-state index >= 15 is 0 Å². The van der Waals surface area contributed by atoms with Gasteiger partial charge in [0.05, 0.1) is 0 Å². The molecule has 0 radical (unpaired) electrons. The third-order valence-corrected chi connectivity index (χ3v) is 6.49. The summed E-state index contributed by atoms with van der Waals surface area (Å²) in [5.74, 6) is 0.686. The first-order valence-electron chi connectivity index (χ1n) is 11.5. The van der Waals surface area contributed by atoms with Crippen LogP contribution in [0.2, 0.25) is 0 Å². The second kappa shape index (κ2) is 8.56. The third-order valence-electron chi connectivity index (χ3n) is 6.49. The van der Waals surface area contributed by atoms with Crippen molar-refractivity contribution >= 4 is 17.4 Å². The Hall–Kier alpha value is -3.73. The van der Waals surface area contributed by atoms with Gasteiger partial charge in [0.25, 0.3) is 0 Å². The largest absolute Gasteiger partial charge is 0.457 e. The Balaban J connectivity index is 1.53. The van der Waals surface area contributed by atoms with Gasteiger partial charge in [-0.1, -0.05) is 44.2 Å². The summed E-state index contributed by atoms with van der Waals surface area (Å²) in [6, 6.07) is 23.0. The minimum Gasteiger partial charge on any atom is -0.457 e. The lowest BCUT2D eigenvalue weighted by Crippen LogP contribution is -2.43. The third kappa shape index (κ3) is 4.26. The van der Waals surface area contributed by atoms with Crippen LogP contribution in [0.3, 0.4) is 0 Å². The SMILES string of the molecule is CC1(C)CC(=O)C2=C(C1)N(c1ccc(Oc3ccccc3)cc1)C(=O)CC2c1ccc(F)cc1. The lowest BCUT2D eigenvalue weighted by molar-refractivity contribution is -0.121. The average molecular weight is 456 g/mol. The summed E-state index contributed by atoms with van der Waals surface area (Å²) in [7, 11) is 0. The molecule has 0 bridgehead atoms. The molecule has 5 heteroatoms. The van der Waals surface area contributed by atoms with Gasteiger partial charge in [0.2, 0.25) is 5.91 Å². The van der Waals surface area contributed by atoms with Crippen molar-refractivity contribution in [2.75, 3.05) is 4.90 Å². The van der Waals surface area contributed by atoms with Crippen LogP contribution in [0, 0.1) is 11.2 Å². The number of hydrogen-bond donors (Lipinski definition) is 0. The number of anilines is 1. The van der Waals surface area contributed by atoms with Crippen LogP contribution in [-0.2, 0) is 9.59 Å². The van der Waals surface area contributed by atoms with Gasteiger partial charge in [-0.2, -0.15) is 0 Å². The number of para-hydroxylation sites is 1.